The summed E-state index contributed by atoms with van der Waals surface area (Å²) in [6, 6.07) is 9.34. The molecule has 0 bridgehead atoms. The van der Waals surface area contributed by atoms with Gasteiger partial charge in [-0.2, -0.15) is 0 Å². The van der Waals surface area contributed by atoms with E-state index in [0.29, 0.717) is 43.1 Å². The number of halogens is 1. The van der Waals surface area contributed by atoms with Crippen LogP contribution in [0.25, 0.3) is 5.76 Å². The summed E-state index contributed by atoms with van der Waals surface area (Å²) in [5.41, 5.74) is 0.446. The molecule has 2 amide bonds. The predicted octanol–water partition coefficient (Wildman–Crippen LogP) is 4.44. The summed E-state index contributed by atoms with van der Waals surface area (Å²) in [6.45, 7) is 2.91. The van der Waals surface area contributed by atoms with E-state index in [4.69, 9.17) is 16.3 Å². The Hall–Kier alpha value is -2.84. The molecule has 2 aliphatic heterocycles. The number of amides is 2. The molecule has 1 aromatic carbocycles. The molecule has 0 aliphatic carbocycles. The molecule has 1 N–H and O–H groups in total. The zero-order valence-electron chi connectivity index (χ0n) is 17.5. The van der Waals surface area contributed by atoms with E-state index in [1.165, 1.54) is 11.3 Å². The van der Waals surface area contributed by atoms with E-state index in [9.17, 15) is 19.5 Å². The summed E-state index contributed by atoms with van der Waals surface area (Å²) in [6.07, 6.45) is 0.666. The number of ether oxygens (including phenoxy) is 1. The first-order chi connectivity index (χ1) is 15.4. The van der Waals surface area contributed by atoms with E-state index in [2.05, 4.69) is 0 Å². The zero-order valence-corrected chi connectivity index (χ0v) is 19.1. The molecule has 0 saturated carbocycles. The van der Waals surface area contributed by atoms with Crippen molar-refractivity contribution in [2.75, 3.05) is 19.7 Å². The number of benzene rings is 1. The second kappa shape index (κ2) is 9.34. The number of hydrogen-bond acceptors (Lipinski definition) is 6. The van der Waals surface area contributed by atoms with Crippen LogP contribution in [-0.2, 0) is 14.3 Å². The number of piperidine rings is 1. The summed E-state index contributed by atoms with van der Waals surface area (Å²) in [5.74, 6) is -1.59. The van der Waals surface area contributed by atoms with Crippen LogP contribution < -0.4 is 0 Å². The maximum absolute atomic E-state index is 13.1. The monoisotopic (exact) mass is 474 g/mol. The van der Waals surface area contributed by atoms with Crippen molar-refractivity contribution >= 4 is 46.5 Å². The normalized spacial score (nSPS) is 21.2. The highest BCUT2D eigenvalue weighted by Gasteiger charge is 2.49. The lowest BCUT2D eigenvalue weighted by Gasteiger charge is -2.38. The summed E-state index contributed by atoms with van der Waals surface area (Å²) < 4.78 is 5.07. The minimum absolute atomic E-state index is 0.0625. The third-order valence-electron chi connectivity index (χ3n) is 5.77. The molecule has 2 aliphatic rings. The summed E-state index contributed by atoms with van der Waals surface area (Å²) in [4.78, 5) is 42.3. The molecule has 168 valence electrons. The summed E-state index contributed by atoms with van der Waals surface area (Å²) in [7, 11) is 0. The van der Waals surface area contributed by atoms with Crippen molar-refractivity contribution in [3.63, 3.8) is 0 Å². The second-order valence-corrected chi connectivity index (χ2v) is 9.06. The maximum Gasteiger partial charge on any atom is 0.409 e. The molecule has 9 heteroatoms. The Morgan fingerprint density at radius 3 is 2.59 bits per heavy atom. The molecule has 4 rings (SSSR count). The van der Waals surface area contributed by atoms with Gasteiger partial charge >= 0.3 is 6.09 Å². The van der Waals surface area contributed by atoms with Gasteiger partial charge in [0.05, 0.1) is 18.2 Å². The Balaban J connectivity index is 1.69. The van der Waals surface area contributed by atoms with Gasteiger partial charge in [-0.05, 0) is 43.3 Å². The fourth-order valence-electron chi connectivity index (χ4n) is 4.29. The van der Waals surface area contributed by atoms with Gasteiger partial charge in [0.15, 0.2) is 0 Å². The average molecular weight is 475 g/mol. The highest BCUT2D eigenvalue weighted by atomic mass is 35.5. The Morgan fingerprint density at radius 1 is 1.22 bits per heavy atom. The fraction of sp³-hybridized carbons (Fsp3) is 0.348. The molecule has 1 unspecified atom stereocenters. The number of rotatable bonds is 4. The molecular formula is C23H23ClN2O5S. The molecule has 7 nitrogen and oxygen atoms in total. The molecule has 0 spiro atoms. The first kappa shape index (κ1) is 22.4. The smallest absolute Gasteiger partial charge is 0.409 e. The van der Waals surface area contributed by atoms with Gasteiger partial charge in [-0.25, -0.2) is 4.79 Å². The maximum atomic E-state index is 13.1. The lowest BCUT2D eigenvalue weighted by molar-refractivity contribution is -0.142. The number of hydrogen-bond donors (Lipinski definition) is 1. The zero-order chi connectivity index (χ0) is 22.8. The van der Waals surface area contributed by atoms with E-state index >= 15 is 0 Å². The summed E-state index contributed by atoms with van der Waals surface area (Å²) >= 11 is 7.49. The number of nitrogens with zero attached hydrogens (tertiary/aromatic N) is 2. The SMILES string of the molecule is CCOC(=O)N1CCC(N2C(=O)C(=O)/C(=C(\O)c3cccc(Cl)c3)C2c2cccs2)CC1. The number of likely N-dealkylation sites (tertiary alicyclic amines) is 2. The lowest BCUT2D eigenvalue weighted by atomic mass is 9.98. The predicted molar refractivity (Wildman–Crippen MR) is 122 cm³/mol. The van der Waals surface area contributed by atoms with Crippen molar-refractivity contribution in [2.45, 2.75) is 31.8 Å². The standard InChI is InChI=1S/C23H23ClN2O5S/c1-2-31-23(30)25-10-8-16(9-11-25)26-19(17-7-4-12-32-17)18(21(28)22(26)29)20(27)14-5-3-6-15(24)13-14/h3-7,12-13,16,19,27H,2,8-11H2,1H3/b20-18-. The van der Waals surface area contributed by atoms with Gasteiger partial charge < -0.3 is 19.6 Å². The quantitative estimate of drug-likeness (QED) is 0.402. The van der Waals surface area contributed by atoms with Crippen LogP contribution in [0.5, 0.6) is 0 Å². The number of carbonyl (C=O) groups is 3. The van der Waals surface area contributed by atoms with Crippen LogP contribution in [0.15, 0.2) is 47.4 Å². The van der Waals surface area contributed by atoms with Gasteiger partial charge in [-0.1, -0.05) is 29.8 Å². The van der Waals surface area contributed by atoms with Crippen LogP contribution in [0.1, 0.15) is 36.2 Å². The van der Waals surface area contributed by atoms with Crippen molar-refractivity contribution < 1.29 is 24.2 Å². The molecule has 2 aromatic rings. The highest BCUT2D eigenvalue weighted by molar-refractivity contribution is 7.10. The molecule has 2 fully saturated rings. The van der Waals surface area contributed by atoms with Crippen LogP contribution in [0.3, 0.4) is 0 Å². The van der Waals surface area contributed by atoms with E-state index in [0.717, 1.165) is 4.88 Å². The topological polar surface area (TPSA) is 87.2 Å². The van der Waals surface area contributed by atoms with E-state index in [1.807, 2.05) is 17.5 Å². The second-order valence-electron chi connectivity index (χ2n) is 7.65. The largest absolute Gasteiger partial charge is 0.507 e. The molecule has 2 saturated heterocycles. The Kier molecular flexibility index (Phi) is 6.53. The van der Waals surface area contributed by atoms with Crippen LogP contribution >= 0.6 is 22.9 Å². The van der Waals surface area contributed by atoms with Gasteiger partial charge in [-0.15, -0.1) is 11.3 Å². The minimum atomic E-state index is -0.714. The Morgan fingerprint density at radius 2 is 1.97 bits per heavy atom. The number of thiophene rings is 1. The van der Waals surface area contributed by atoms with Crippen LogP contribution in [-0.4, -0.2) is 58.4 Å². The van der Waals surface area contributed by atoms with Crippen molar-refractivity contribution in [2.24, 2.45) is 0 Å². The first-order valence-corrected chi connectivity index (χ1v) is 11.7. The van der Waals surface area contributed by atoms with Gasteiger partial charge in [0.1, 0.15) is 5.76 Å². The van der Waals surface area contributed by atoms with Gasteiger partial charge in [0.25, 0.3) is 11.7 Å². The number of aliphatic hydroxyl groups is 1. The number of ketones is 1. The minimum Gasteiger partial charge on any atom is -0.507 e. The summed E-state index contributed by atoms with van der Waals surface area (Å²) in [5, 5.41) is 13.3. The van der Waals surface area contributed by atoms with Gasteiger partial charge in [0.2, 0.25) is 0 Å². The Bertz CT molecular complexity index is 1060. The molecule has 1 atom stereocenters. The average Bonchev–Trinajstić information content (AvgIpc) is 3.41. The van der Waals surface area contributed by atoms with E-state index < -0.39 is 17.7 Å². The van der Waals surface area contributed by atoms with E-state index in [-0.39, 0.29) is 23.5 Å². The lowest BCUT2D eigenvalue weighted by Crippen LogP contribution is -2.48. The van der Waals surface area contributed by atoms with Crippen LogP contribution in [0.2, 0.25) is 5.02 Å². The van der Waals surface area contributed by atoms with Gasteiger partial charge in [0, 0.05) is 34.6 Å². The van der Waals surface area contributed by atoms with Crippen LogP contribution in [0, 0.1) is 0 Å². The van der Waals surface area contributed by atoms with Crippen LogP contribution in [0.4, 0.5) is 4.79 Å². The third kappa shape index (κ3) is 4.12. The van der Waals surface area contributed by atoms with Gasteiger partial charge in [-0.3, -0.25) is 9.59 Å². The van der Waals surface area contributed by atoms with Crippen molar-refractivity contribution in [3.8, 4) is 0 Å². The first-order valence-electron chi connectivity index (χ1n) is 10.4. The highest BCUT2D eigenvalue weighted by Crippen LogP contribution is 2.43. The molecule has 0 radical (unpaired) electrons. The van der Waals surface area contributed by atoms with E-state index in [1.54, 1.807) is 41.0 Å². The third-order valence-corrected chi connectivity index (χ3v) is 6.93. The molecular weight excluding hydrogens is 452 g/mol. The van der Waals surface area contributed by atoms with Crippen molar-refractivity contribution in [1.29, 1.82) is 0 Å². The Labute approximate surface area is 194 Å². The fourth-order valence-corrected chi connectivity index (χ4v) is 5.31. The van der Waals surface area contributed by atoms with Crippen molar-refractivity contribution in [1.82, 2.24) is 9.80 Å². The van der Waals surface area contributed by atoms with Crippen molar-refractivity contribution in [3.05, 3.63) is 62.8 Å². The molecule has 32 heavy (non-hydrogen) atoms. The number of Topliss-reactive ketones (excluding diaryl/α,β-unsaturated/α-hetero) is 1. The molecule has 1 aromatic heterocycles. The molecule has 3 heterocycles. The number of carbonyl (C=O) groups excluding carboxylic acids is 3. The number of aliphatic hydroxyl groups excluding tert-OH is 1.